The average Bonchev–Trinajstić information content (AvgIpc) is 2.67. The number of phenolic OH excluding ortho intramolecular Hbond substituents is 1. The number of nitrogens with one attached hydrogen (secondary N) is 1. The highest BCUT2D eigenvalue weighted by Gasteiger charge is 2.30. The van der Waals surface area contributed by atoms with Crippen LogP contribution < -0.4 is 5.43 Å². The summed E-state index contributed by atoms with van der Waals surface area (Å²) in [5, 5.41) is 15.9. The van der Waals surface area contributed by atoms with Gasteiger partial charge in [-0.2, -0.15) is 13.5 Å². The van der Waals surface area contributed by atoms with E-state index in [2.05, 4.69) is 10.5 Å². The molecule has 28 heavy (non-hydrogen) atoms. The van der Waals surface area contributed by atoms with Crippen molar-refractivity contribution in [2.75, 3.05) is 5.43 Å². The van der Waals surface area contributed by atoms with E-state index in [-0.39, 0.29) is 22.6 Å². The van der Waals surface area contributed by atoms with E-state index in [0.717, 1.165) is 11.5 Å². The van der Waals surface area contributed by atoms with Crippen LogP contribution in [0, 0.1) is 0 Å². The minimum Gasteiger partial charge on any atom is -0.506 e. The molecule has 140 valence electrons. The second kappa shape index (κ2) is 6.59. The van der Waals surface area contributed by atoms with E-state index >= 15 is 0 Å². The van der Waals surface area contributed by atoms with E-state index < -0.39 is 20.8 Å². The van der Waals surface area contributed by atoms with Crippen LogP contribution in [0.4, 0.5) is 5.69 Å². The summed E-state index contributed by atoms with van der Waals surface area (Å²) in [6.45, 7) is 0. The lowest BCUT2D eigenvalue weighted by molar-refractivity contribution is -0.108. The van der Waals surface area contributed by atoms with E-state index in [1.54, 1.807) is 24.3 Å². The van der Waals surface area contributed by atoms with Crippen molar-refractivity contribution in [3.8, 4) is 5.75 Å². The summed E-state index contributed by atoms with van der Waals surface area (Å²) in [6, 6.07) is 16.8. The Bertz CT molecular complexity index is 1290. The summed E-state index contributed by atoms with van der Waals surface area (Å²) < 4.78 is 32.7. The standard InChI is InChI=1S/C20H14N2O5S/c23-16-10-9-12-5-1-2-6-13(12)19(16)21-22-20-15-8-4-3-7-14(15)18(11-17(20)24)28(25,26)27/h1-11,21,23H,(H,25,26,27)/b22-20+. The normalized spacial score (nSPS) is 15.4. The second-order valence-electron chi connectivity index (χ2n) is 6.15. The zero-order valence-corrected chi connectivity index (χ0v) is 15.1. The van der Waals surface area contributed by atoms with Crippen molar-refractivity contribution in [3.63, 3.8) is 0 Å². The summed E-state index contributed by atoms with van der Waals surface area (Å²) in [6.07, 6.45) is 0.834. The van der Waals surface area contributed by atoms with E-state index in [9.17, 15) is 22.9 Å². The fourth-order valence-electron chi connectivity index (χ4n) is 3.12. The fourth-order valence-corrected chi connectivity index (χ4v) is 3.83. The molecule has 0 saturated carbocycles. The van der Waals surface area contributed by atoms with Gasteiger partial charge in [0, 0.05) is 22.6 Å². The van der Waals surface area contributed by atoms with E-state index in [4.69, 9.17) is 0 Å². The van der Waals surface area contributed by atoms with Crippen LogP contribution in [0.5, 0.6) is 5.75 Å². The summed E-state index contributed by atoms with van der Waals surface area (Å²) in [5.41, 5.74) is 3.45. The molecule has 4 rings (SSSR count). The number of ketones is 1. The Balaban J connectivity index is 1.83. The van der Waals surface area contributed by atoms with Crippen molar-refractivity contribution < 1.29 is 22.9 Å². The van der Waals surface area contributed by atoms with Gasteiger partial charge in [-0.3, -0.25) is 14.8 Å². The van der Waals surface area contributed by atoms with Gasteiger partial charge in [0.2, 0.25) is 5.78 Å². The highest BCUT2D eigenvalue weighted by atomic mass is 32.2. The zero-order chi connectivity index (χ0) is 19.9. The third kappa shape index (κ3) is 3.04. The molecule has 3 aromatic carbocycles. The van der Waals surface area contributed by atoms with Crippen LogP contribution in [-0.4, -0.2) is 29.6 Å². The lowest BCUT2D eigenvalue weighted by Gasteiger charge is -2.17. The number of hydrogen-bond acceptors (Lipinski definition) is 6. The van der Waals surface area contributed by atoms with Gasteiger partial charge < -0.3 is 5.11 Å². The number of nitrogens with zero attached hydrogens (tertiary/aromatic N) is 1. The number of carbonyl (C=O) groups excluding carboxylic acids is 1. The number of hydrazone groups is 1. The van der Waals surface area contributed by atoms with Gasteiger partial charge in [-0.25, -0.2) is 0 Å². The largest absolute Gasteiger partial charge is 0.506 e. The molecule has 0 bridgehead atoms. The van der Waals surface area contributed by atoms with Gasteiger partial charge in [-0.05, 0) is 11.5 Å². The molecule has 0 amide bonds. The second-order valence-corrected chi connectivity index (χ2v) is 7.54. The fraction of sp³-hybridized carbons (Fsp3) is 0. The first-order chi connectivity index (χ1) is 13.4. The first-order valence-corrected chi connectivity index (χ1v) is 9.68. The minimum absolute atomic E-state index is 0.0321. The lowest BCUT2D eigenvalue weighted by Crippen LogP contribution is -2.23. The van der Waals surface area contributed by atoms with Crippen LogP contribution >= 0.6 is 0 Å². The molecule has 0 heterocycles. The van der Waals surface area contributed by atoms with Gasteiger partial charge in [0.15, 0.2) is 0 Å². The lowest BCUT2D eigenvalue weighted by atomic mass is 9.94. The number of phenols is 1. The zero-order valence-electron chi connectivity index (χ0n) is 14.3. The van der Waals surface area contributed by atoms with Crippen molar-refractivity contribution in [2.24, 2.45) is 5.10 Å². The molecule has 0 atom stereocenters. The summed E-state index contributed by atoms with van der Waals surface area (Å²) >= 11 is 0. The van der Waals surface area contributed by atoms with Crippen LogP contribution in [0.25, 0.3) is 15.7 Å². The Morgan fingerprint density at radius 3 is 2.32 bits per heavy atom. The number of benzene rings is 3. The molecule has 3 aromatic rings. The predicted octanol–water partition coefficient (Wildman–Crippen LogP) is 3.17. The van der Waals surface area contributed by atoms with Gasteiger partial charge >= 0.3 is 0 Å². The van der Waals surface area contributed by atoms with Crippen LogP contribution in [0.3, 0.4) is 0 Å². The number of hydrogen-bond donors (Lipinski definition) is 3. The molecule has 0 saturated heterocycles. The van der Waals surface area contributed by atoms with Crippen molar-refractivity contribution in [1.29, 1.82) is 0 Å². The molecular formula is C20H14N2O5S. The topological polar surface area (TPSA) is 116 Å². The Morgan fingerprint density at radius 1 is 0.893 bits per heavy atom. The van der Waals surface area contributed by atoms with Gasteiger partial charge in [-0.1, -0.05) is 54.6 Å². The number of rotatable bonds is 3. The predicted molar refractivity (Wildman–Crippen MR) is 107 cm³/mol. The monoisotopic (exact) mass is 394 g/mol. The molecule has 0 fully saturated rings. The quantitative estimate of drug-likeness (QED) is 0.357. The third-order valence-corrected chi connectivity index (χ3v) is 5.30. The maximum atomic E-state index is 12.5. The van der Waals surface area contributed by atoms with Crippen molar-refractivity contribution >= 4 is 43.0 Å². The average molecular weight is 394 g/mol. The third-order valence-electron chi connectivity index (χ3n) is 4.41. The number of anilines is 1. The number of aromatic hydroxyl groups is 1. The molecule has 1 aliphatic rings. The molecule has 7 nitrogen and oxygen atoms in total. The summed E-state index contributed by atoms with van der Waals surface area (Å²) in [4.78, 5) is 12.0. The molecule has 3 N–H and O–H groups in total. The maximum Gasteiger partial charge on any atom is 0.295 e. The Hall–Kier alpha value is -3.49. The van der Waals surface area contributed by atoms with Gasteiger partial charge in [0.1, 0.15) is 22.1 Å². The Morgan fingerprint density at radius 2 is 1.57 bits per heavy atom. The molecule has 0 unspecified atom stereocenters. The number of carbonyl (C=O) groups is 1. The van der Waals surface area contributed by atoms with Gasteiger partial charge in [-0.15, -0.1) is 0 Å². The Kier molecular flexibility index (Phi) is 4.21. The number of fused-ring (bicyclic) bond motifs is 2. The highest BCUT2D eigenvalue weighted by Crippen LogP contribution is 2.33. The number of allylic oxidation sites excluding steroid dienone is 1. The minimum atomic E-state index is -4.57. The van der Waals surface area contributed by atoms with Gasteiger partial charge in [0.05, 0.1) is 0 Å². The van der Waals surface area contributed by atoms with E-state index in [1.165, 1.54) is 18.2 Å². The highest BCUT2D eigenvalue weighted by molar-refractivity contribution is 7.95. The molecule has 1 aliphatic carbocycles. The molecule has 0 spiro atoms. The van der Waals surface area contributed by atoms with Crippen LogP contribution in [-0.2, 0) is 14.9 Å². The molecule has 0 radical (unpaired) electrons. The first kappa shape index (κ1) is 17.9. The molecular weight excluding hydrogens is 380 g/mol. The van der Waals surface area contributed by atoms with Crippen LogP contribution in [0.15, 0.2) is 71.8 Å². The van der Waals surface area contributed by atoms with Crippen molar-refractivity contribution in [3.05, 3.63) is 77.9 Å². The maximum absolute atomic E-state index is 12.5. The van der Waals surface area contributed by atoms with E-state index in [1.807, 2.05) is 18.2 Å². The molecule has 8 heteroatoms. The first-order valence-electron chi connectivity index (χ1n) is 8.24. The summed E-state index contributed by atoms with van der Waals surface area (Å²) in [7, 11) is -4.57. The molecule has 0 aromatic heterocycles. The van der Waals surface area contributed by atoms with Crippen LogP contribution in [0.2, 0.25) is 0 Å². The Labute approximate surface area is 160 Å². The molecule has 0 aliphatic heterocycles. The SMILES string of the molecule is O=C1C=C(S(=O)(=O)O)c2ccccc2/C1=N\Nc1c(O)ccc2ccccc12. The van der Waals surface area contributed by atoms with Crippen molar-refractivity contribution in [1.82, 2.24) is 0 Å². The van der Waals surface area contributed by atoms with E-state index in [0.29, 0.717) is 11.1 Å². The summed E-state index contributed by atoms with van der Waals surface area (Å²) in [5.74, 6) is -0.729. The van der Waals surface area contributed by atoms with Crippen molar-refractivity contribution in [2.45, 2.75) is 0 Å². The van der Waals surface area contributed by atoms with Crippen LogP contribution in [0.1, 0.15) is 11.1 Å². The smallest absolute Gasteiger partial charge is 0.295 e. The van der Waals surface area contributed by atoms with Gasteiger partial charge in [0.25, 0.3) is 10.1 Å².